The Labute approximate surface area is 167 Å². The molecule has 0 spiro atoms. The average molecular weight is 402 g/mol. The number of sulfonamides is 1. The Morgan fingerprint density at radius 1 is 0.964 bits per heavy atom. The maximum atomic E-state index is 12.3. The highest BCUT2D eigenvalue weighted by molar-refractivity contribution is 7.89. The van der Waals surface area contributed by atoms with E-state index < -0.39 is 10.0 Å². The third-order valence-corrected chi connectivity index (χ3v) is 6.81. The number of rotatable bonds is 7. The van der Waals surface area contributed by atoms with Crippen molar-refractivity contribution in [1.29, 1.82) is 0 Å². The molecule has 1 aliphatic rings. The molecule has 150 valence electrons. The molecular formula is C21H27N3O3S. The van der Waals surface area contributed by atoms with Crippen molar-refractivity contribution >= 4 is 15.9 Å². The highest BCUT2D eigenvalue weighted by Gasteiger charge is 2.17. The number of nitrogens with one attached hydrogen (secondary N) is 1. The number of carbonyl (C=O) groups excluding carboxylic acids is 1. The van der Waals surface area contributed by atoms with Gasteiger partial charge in [-0.25, -0.2) is 12.7 Å². The minimum Gasteiger partial charge on any atom is -0.348 e. The van der Waals surface area contributed by atoms with Gasteiger partial charge in [-0.15, -0.1) is 0 Å². The molecule has 1 fully saturated rings. The lowest BCUT2D eigenvalue weighted by Crippen LogP contribution is -2.24. The second-order valence-electron chi connectivity index (χ2n) is 7.29. The first-order valence-electron chi connectivity index (χ1n) is 9.47. The lowest BCUT2D eigenvalue weighted by molar-refractivity contribution is 0.0951. The van der Waals surface area contributed by atoms with Crippen LogP contribution in [0.15, 0.2) is 53.4 Å². The Bertz CT molecular complexity index is 901. The molecule has 1 amide bonds. The van der Waals surface area contributed by atoms with Crippen molar-refractivity contribution in [2.24, 2.45) is 0 Å². The molecule has 0 saturated carbocycles. The van der Waals surface area contributed by atoms with Crippen molar-refractivity contribution in [2.75, 3.05) is 27.2 Å². The molecule has 0 unspecified atom stereocenters. The molecule has 2 aromatic rings. The molecule has 0 aromatic heterocycles. The maximum absolute atomic E-state index is 12.3. The molecule has 1 heterocycles. The van der Waals surface area contributed by atoms with Crippen molar-refractivity contribution in [3.8, 4) is 0 Å². The van der Waals surface area contributed by atoms with Crippen LogP contribution in [-0.2, 0) is 23.1 Å². The minimum atomic E-state index is -3.49. The summed E-state index contributed by atoms with van der Waals surface area (Å²) in [6.07, 6.45) is 2.57. The topological polar surface area (TPSA) is 69.7 Å². The molecule has 7 heteroatoms. The number of amides is 1. The molecule has 0 aliphatic carbocycles. The predicted molar refractivity (Wildman–Crippen MR) is 109 cm³/mol. The van der Waals surface area contributed by atoms with Gasteiger partial charge >= 0.3 is 0 Å². The van der Waals surface area contributed by atoms with Gasteiger partial charge in [0.05, 0.1) is 4.90 Å². The van der Waals surface area contributed by atoms with Crippen LogP contribution in [0.25, 0.3) is 0 Å². The Morgan fingerprint density at radius 3 is 2.11 bits per heavy atom. The van der Waals surface area contributed by atoms with E-state index in [0.29, 0.717) is 12.1 Å². The van der Waals surface area contributed by atoms with E-state index in [9.17, 15) is 13.2 Å². The van der Waals surface area contributed by atoms with Crippen LogP contribution < -0.4 is 5.32 Å². The van der Waals surface area contributed by atoms with Crippen LogP contribution in [0.2, 0.25) is 0 Å². The van der Waals surface area contributed by atoms with E-state index in [0.717, 1.165) is 16.4 Å². The Hall–Kier alpha value is -2.22. The van der Waals surface area contributed by atoms with E-state index >= 15 is 0 Å². The van der Waals surface area contributed by atoms with Gasteiger partial charge in [0.2, 0.25) is 10.0 Å². The molecule has 28 heavy (non-hydrogen) atoms. The summed E-state index contributed by atoms with van der Waals surface area (Å²) in [6, 6.07) is 14.3. The lowest BCUT2D eigenvalue weighted by Gasteiger charge is -2.14. The van der Waals surface area contributed by atoms with Gasteiger partial charge in [-0.1, -0.05) is 24.3 Å². The average Bonchev–Trinajstić information content (AvgIpc) is 3.20. The molecular weight excluding hydrogens is 374 g/mol. The number of nitrogens with zero attached hydrogens (tertiary/aromatic N) is 2. The number of benzene rings is 2. The van der Waals surface area contributed by atoms with Crippen molar-refractivity contribution in [2.45, 2.75) is 30.8 Å². The second kappa shape index (κ2) is 8.86. The molecule has 1 aliphatic heterocycles. The van der Waals surface area contributed by atoms with Crippen molar-refractivity contribution in [1.82, 2.24) is 14.5 Å². The summed E-state index contributed by atoms with van der Waals surface area (Å²) in [4.78, 5) is 15.0. The summed E-state index contributed by atoms with van der Waals surface area (Å²) in [5.74, 6) is -0.227. The molecule has 1 saturated heterocycles. The zero-order chi connectivity index (χ0) is 20.1. The Balaban J connectivity index is 1.55. The molecule has 0 radical (unpaired) electrons. The van der Waals surface area contributed by atoms with Crippen LogP contribution in [0.1, 0.15) is 34.3 Å². The van der Waals surface area contributed by atoms with Gasteiger partial charge in [-0.2, -0.15) is 0 Å². The Kier molecular flexibility index (Phi) is 6.49. The van der Waals surface area contributed by atoms with E-state index in [1.54, 1.807) is 0 Å². The van der Waals surface area contributed by atoms with Crippen molar-refractivity contribution in [3.63, 3.8) is 0 Å². The van der Waals surface area contributed by atoms with Crippen LogP contribution in [0.5, 0.6) is 0 Å². The first-order chi connectivity index (χ1) is 13.4. The fourth-order valence-corrected chi connectivity index (χ4v) is 4.14. The van der Waals surface area contributed by atoms with Gasteiger partial charge in [0.1, 0.15) is 0 Å². The molecule has 1 N–H and O–H groups in total. The van der Waals surface area contributed by atoms with Crippen LogP contribution in [0.3, 0.4) is 0 Å². The van der Waals surface area contributed by atoms with Gasteiger partial charge < -0.3 is 5.32 Å². The number of hydrogen-bond donors (Lipinski definition) is 1. The van der Waals surface area contributed by atoms with Crippen LogP contribution in [0.4, 0.5) is 0 Å². The Morgan fingerprint density at radius 2 is 1.54 bits per heavy atom. The van der Waals surface area contributed by atoms with Crippen LogP contribution >= 0.6 is 0 Å². The van der Waals surface area contributed by atoms with E-state index in [4.69, 9.17) is 0 Å². The summed E-state index contributed by atoms with van der Waals surface area (Å²) < 4.78 is 25.3. The highest BCUT2D eigenvalue weighted by Crippen LogP contribution is 2.15. The third kappa shape index (κ3) is 4.98. The number of carbonyl (C=O) groups is 1. The zero-order valence-electron chi connectivity index (χ0n) is 16.4. The van der Waals surface area contributed by atoms with Gasteiger partial charge in [0.15, 0.2) is 0 Å². The highest BCUT2D eigenvalue weighted by atomic mass is 32.2. The van der Waals surface area contributed by atoms with Gasteiger partial charge in [0.25, 0.3) is 5.91 Å². The smallest absolute Gasteiger partial charge is 0.251 e. The lowest BCUT2D eigenvalue weighted by atomic mass is 10.1. The zero-order valence-corrected chi connectivity index (χ0v) is 17.2. The summed E-state index contributed by atoms with van der Waals surface area (Å²) >= 11 is 0. The molecule has 0 bridgehead atoms. The largest absolute Gasteiger partial charge is 0.348 e. The number of hydrogen-bond acceptors (Lipinski definition) is 4. The third-order valence-electron chi connectivity index (χ3n) is 4.98. The summed E-state index contributed by atoms with van der Waals surface area (Å²) in [5.41, 5.74) is 2.75. The maximum Gasteiger partial charge on any atom is 0.251 e. The molecule has 0 atom stereocenters. The van der Waals surface area contributed by atoms with E-state index in [2.05, 4.69) is 22.3 Å². The molecule has 2 aromatic carbocycles. The summed E-state index contributed by atoms with van der Waals surface area (Å²) in [7, 11) is -0.532. The standard InChI is InChI=1S/C21H27N3O3S/c1-23(2)28(26,27)20-11-9-19(10-12-20)21(25)22-15-17-5-7-18(8-6-17)16-24-13-3-4-14-24/h5-12H,3-4,13-16H2,1-2H3,(H,22,25). The second-order valence-corrected chi connectivity index (χ2v) is 9.45. The molecule has 6 nitrogen and oxygen atoms in total. The van der Waals surface area contributed by atoms with Crippen molar-refractivity contribution < 1.29 is 13.2 Å². The van der Waals surface area contributed by atoms with E-state index in [1.165, 1.54) is 69.9 Å². The van der Waals surface area contributed by atoms with E-state index in [-0.39, 0.29) is 10.8 Å². The van der Waals surface area contributed by atoms with Gasteiger partial charge in [-0.05, 0) is 61.3 Å². The predicted octanol–water partition coefficient (Wildman–Crippen LogP) is 2.46. The quantitative estimate of drug-likeness (QED) is 0.774. The summed E-state index contributed by atoms with van der Waals surface area (Å²) in [6.45, 7) is 3.76. The monoisotopic (exact) mass is 401 g/mol. The van der Waals surface area contributed by atoms with Crippen LogP contribution in [0, 0.1) is 0 Å². The minimum absolute atomic E-state index is 0.169. The number of likely N-dealkylation sites (tertiary alicyclic amines) is 1. The van der Waals surface area contributed by atoms with E-state index in [1.807, 2.05) is 12.1 Å². The van der Waals surface area contributed by atoms with Gasteiger partial charge in [0, 0.05) is 32.7 Å². The first kappa shape index (κ1) is 20.5. The fourth-order valence-electron chi connectivity index (χ4n) is 3.23. The van der Waals surface area contributed by atoms with Crippen LogP contribution in [-0.4, -0.2) is 50.7 Å². The molecule has 3 rings (SSSR count). The summed E-state index contributed by atoms with van der Waals surface area (Å²) in [5, 5.41) is 2.88. The van der Waals surface area contributed by atoms with Gasteiger partial charge in [-0.3, -0.25) is 9.69 Å². The fraction of sp³-hybridized carbons (Fsp3) is 0.381. The van der Waals surface area contributed by atoms with Crippen molar-refractivity contribution in [3.05, 3.63) is 65.2 Å². The first-order valence-corrected chi connectivity index (χ1v) is 10.9. The normalized spacial score (nSPS) is 15.1. The SMILES string of the molecule is CN(C)S(=O)(=O)c1ccc(C(=O)NCc2ccc(CN3CCCC3)cc2)cc1.